The SMILES string of the molecule is Cc1cc2nc([C@@H]3CCCN(Cc4cc(C)c(O)c(C)c4)C3)cc(N)n2n1. The maximum atomic E-state index is 10.0. The molecule has 4 rings (SSSR count). The van der Waals surface area contributed by atoms with Crippen LogP contribution in [0, 0.1) is 20.8 Å². The molecule has 0 amide bonds. The van der Waals surface area contributed by atoms with Crippen LogP contribution in [0.3, 0.4) is 0 Å². The molecule has 1 fully saturated rings. The number of piperidine rings is 1. The molecule has 3 N–H and O–H groups in total. The number of benzene rings is 1. The average molecular weight is 365 g/mol. The molecular weight excluding hydrogens is 338 g/mol. The topological polar surface area (TPSA) is 79.7 Å². The van der Waals surface area contributed by atoms with Crippen molar-refractivity contribution in [2.75, 3.05) is 18.8 Å². The first-order valence-corrected chi connectivity index (χ1v) is 9.55. The highest BCUT2D eigenvalue weighted by molar-refractivity contribution is 5.48. The Morgan fingerprint density at radius 1 is 1.15 bits per heavy atom. The molecule has 1 aliphatic rings. The van der Waals surface area contributed by atoms with Crippen LogP contribution in [0.4, 0.5) is 5.82 Å². The van der Waals surface area contributed by atoms with Gasteiger partial charge in [0, 0.05) is 31.1 Å². The average Bonchev–Trinajstić information content (AvgIpc) is 3.01. The highest BCUT2D eigenvalue weighted by Crippen LogP contribution is 2.29. The molecule has 27 heavy (non-hydrogen) atoms. The van der Waals surface area contributed by atoms with Gasteiger partial charge < -0.3 is 10.8 Å². The van der Waals surface area contributed by atoms with Crippen molar-refractivity contribution in [2.45, 2.75) is 46.1 Å². The quantitative estimate of drug-likeness (QED) is 0.744. The summed E-state index contributed by atoms with van der Waals surface area (Å²) in [7, 11) is 0. The minimum atomic E-state index is 0.376. The van der Waals surface area contributed by atoms with E-state index in [2.05, 4.69) is 22.1 Å². The summed E-state index contributed by atoms with van der Waals surface area (Å²) in [5, 5.41) is 14.4. The fraction of sp³-hybridized carbons (Fsp3) is 0.429. The second kappa shape index (κ2) is 6.85. The molecule has 0 unspecified atom stereocenters. The van der Waals surface area contributed by atoms with Gasteiger partial charge in [0.25, 0.3) is 0 Å². The number of hydrogen-bond acceptors (Lipinski definition) is 5. The van der Waals surface area contributed by atoms with Crippen molar-refractivity contribution in [3.05, 3.63) is 52.3 Å². The number of aromatic nitrogens is 3. The lowest BCUT2D eigenvalue weighted by Crippen LogP contribution is -2.34. The first-order valence-electron chi connectivity index (χ1n) is 9.55. The third kappa shape index (κ3) is 3.49. The van der Waals surface area contributed by atoms with Crippen LogP contribution in [0.15, 0.2) is 24.3 Å². The van der Waals surface area contributed by atoms with Crippen molar-refractivity contribution in [2.24, 2.45) is 0 Å². The lowest BCUT2D eigenvalue weighted by atomic mass is 9.93. The van der Waals surface area contributed by atoms with E-state index in [1.807, 2.05) is 32.9 Å². The second-order valence-corrected chi connectivity index (χ2v) is 7.81. The van der Waals surface area contributed by atoms with E-state index >= 15 is 0 Å². The molecule has 0 aliphatic carbocycles. The Bertz CT molecular complexity index is 971. The van der Waals surface area contributed by atoms with Crippen LogP contribution >= 0.6 is 0 Å². The zero-order chi connectivity index (χ0) is 19.1. The van der Waals surface area contributed by atoms with E-state index in [1.54, 1.807) is 4.52 Å². The van der Waals surface area contributed by atoms with Gasteiger partial charge in [0.15, 0.2) is 5.65 Å². The summed E-state index contributed by atoms with van der Waals surface area (Å²) in [6.07, 6.45) is 2.27. The first kappa shape index (κ1) is 17.8. The Kier molecular flexibility index (Phi) is 4.52. The van der Waals surface area contributed by atoms with E-state index in [4.69, 9.17) is 10.7 Å². The number of nitrogen functional groups attached to an aromatic ring is 1. The standard InChI is InChI=1S/C21H27N5O/c1-13-7-16(8-14(2)21(13)27)11-25-6-4-5-17(12-25)18-10-19(22)26-20(23-18)9-15(3)24-26/h7-10,17,27H,4-6,11-12,22H2,1-3H3/t17-/m1/s1. The number of rotatable bonds is 3. The van der Waals surface area contributed by atoms with Crippen molar-refractivity contribution >= 4 is 11.5 Å². The summed E-state index contributed by atoms with van der Waals surface area (Å²) >= 11 is 0. The summed E-state index contributed by atoms with van der Waals surface area (Å²) in [6, 6.07) is 8.12. The van der Waals surface area contributed by atoms with Crippen LogP contribution in [0.25, 0.3) is 5.65 Å². The predicted molar refractivity (Wildman–Crippen MR) is 107 cm³/mol. The zero-order valence-corrected chi connectivity index (χ0v) is 16.2. The van der Waals surface area contributed by atoms with Gasteiger partial charge in [-0.3, -0.25) is 4.90 Å². The molecule has 1 aliphatic heterocycles. The Morgan fingerprint density at radius 3 is 2.63 bits per heavy atom. The van der Waals surface area contributed by atoms with E-state index in [9.17, 15) is 5.11 Å². The molecule has 3 heterocycles. The summed E-state index contributed by atoms with van der Waals surface area (Å²) < 4.78 is 1.71. The Balaban J connectivity index is 1.54. The highest BCUT2D eigenvalue weighted by Gasteiger charge is 2.24. The molecule has 2 aromatic heterocycles. The smallest absolute Gasteiger partial charge is 0.157 e. The van der Waals surface area contributed by atoms with Crippen molar-refractivity contribution in [1.82, 2.24) is 19.5 Å². The van der Waals surface area contributed by atoms with E-state index in [-0.39, 0.29) is 0 Å². The van der Waals surface area contributed by atoms with Crippen LogP contribution in [0.5, 0.6) is 5.75 Å². The summed E-state index contributed by atoms with van der Waals surface area (Å²) in [5.74, 6) is 1.42. The predicted octanol–water partition coefficient (Wildman–Crippen LogP) is 3.32. The third-order valence-electron chi connectivity index (χ3n) is 5.48. The fourth-order valence-corrected chi connectivity index (χ4v) is 4.18. The zero-order valence-electron chi connectivity index (χ0n) is 16.2. The molecule has 1 saturated heterocycles. The number of likely N-dealkylation sites (tertiary alicyclic amines) is 1. The lowest BCUT2D eigenvalue weighted by molar-refractivity contribution is 0.198. The van der Waals surface area contributed by atoms with Gasteiger partial charge in [-0.1, -0.05) is 12.1 Å². The minimum Gasteiger partial charge on any atom is -0.507 e. The van der Waals surface area contributed by atoms with Crippen LogP contribution in [0.1, 0.15) is 46.8 Å². The molecule has 0 radical (unpaired) electrons. The maximum absolute atomic E-state index is 10.0. The van der Waals surface area contributed by atoms with Crippen LogP contribution < -0.4 is 5.73 Å². The third-order valence-corrected chi connectivity index (χ3v) is 5.48. The van der Waals surface area contributed by atoms with Gasteiger partial charge in [-0.2, -0.15) is 9.61 Å². The Labute approximate surface area is 159 Å². The van der Waals surface area contributed by atoms with Gasteiger partial charge in [-0.15, -0.1) is 0 Å². The Hall–Kier alpha value is -2.60. The molecule has 0 spiro atoms. The summed E-state index contributed by atoms with van der Waals surface area (Å²) in [5.41, 5.74) is 12.1. The van der Waals surface area contributed by atoms with Crippen molar-refractivity contribution in [3.63, 3.8) is 0 Å². The normalized spacial score (nSPS) is 18.3. The van der Waals surface area contributed by atoms with E-state index in [0.29, 0.717) is 17.5 Å². The second-order valence-electron chi connectivity index (χ2n) is 7.81. The number of fused-ring (bicyclic) bond motifs is 1. The molecule has 3 aromatic rings. The number of anilines is 1. The molecule has 6 heteroatoms. The summed E-state index contributed by atoms with van der Waals surface area (Å²) in [6.45, 7) is 8.81. The van der Waals surface area contributed by atoms with Gasteiger partial charge >= 0.3 is 0 Å². The maximum Gasteiger partial charge on any atom is 0.157 e. The number of nitrogens with two attached hydrogens (primary N) is 1. The number of aromatic hydroxyl groups is 1. The minimum absolute atomic E-state index is 0.376. The fourth-order valence-electron chi connectivity index (χ4n) is 4.18. The molecule has 1 atom stereocenters. The molecular formula is C21H27N5O. The first-order chi connectivity index (χ1) is 12.9. The van der Waals surface area contributed by atoms with Gasteiger partial charge in [0.05, 0.1) is 11.4 Å². The van der Waals surface area contributed by atoms with Gasteiger partial charge in [0.1, 0.15) is 11.6 Å². The number of aryl methyl sites for hydroxylation is 3. The van der Waals surface area contributed by atoms with E-state index in [0.717, 1.165) is 60.6 Å². The van der Waals surface area contributed by atoms with Crippen LogP contribution in [0.2, 0.25) is 0 Å². The monoisotopic (exact) mass is 365 g/mol. The Morgan fingerprint density at radius 2 is 1.89 bits per heavy atom. The number of hydrogen-bond donors (Lipinski definition) is 2. The van der Waals surface area contributed by atoms with Gasteiger partial charge in [0.2, 0.25) is 0 Å². The largest absolute Gasteiger partial charge is 0.507 e. The molecule has 142 valence electrons. The molecule has 0 saturated carbocycles. The van der Waals surface area contributed by atoms with E-state index < -0.39 is 0 Å². The summed E-state index contributed by atoms with van der Waals surface area (Å²) in [4.78, 5) is 7.30. The van der Waals surface area contributed by atoms with Crippen molar-refractivity contribution in [1.29, 1.82) is 0 Å². The van der Waals surface area contributed by atoms with E-state index in [1.165, 1.54) is 5.56 Å². The number of phenolic OH excluding ortho intramolecular Hbond substituents is 1. The molecule has 0 bridgehead atoms. The number of nitrogens with zero attached hydrogens (tertiary/aromatic N) is 4. The van der Waals surface area contributed by atoms with Gasteiger partial charge in [-0.05, 0) is 56.8 Å². The van der Waals surface area contributed by atoms with Crippen molar-refractivity contribution < 1.29 is 5.11 Å². The highest BCUT2D eigenvalue weighted by atomic mass is 16.3. The van der Waals surface area contributed by atoms with Crippen molar-refractivity contribution in [3.8, 4) is 5.75 Å². The molecule has 1 aromatic carbocycles. The van der Waals surface area contributed by atoms with Crippen LogP contribution in [-0.4, -0.2) is 37.7 Å². The number of phenols is 1. The van der Waals surface area contributed by atoms with Gasteiger partial charge in [-0.25, -0.2) is 4.98 Å². The van der Waals surface area contributed by atoms with Crippen LogP contribution in [-0.2, 0) is 6.54 Å². The lowest BCUT2D eigenvalue weighted by Gasteiger charge is -2.32. The molecule has 6 nitrogen and oxygen atoms in total.